The predicted octanol–water partition coefficient (Wildman–Crippen LogP) is 2.39. The molecule has 2 aromatic carbocycles. The topological polar surface area (TPSA) is 79.3 Å². The molecule has 1 atom stereocenters. The molecule has 0 aliphatic carbocycles. The standard InChI is InChI=1S/C15H13FN2O2/c16-13-7-10(8-17)1-6-15(13)20-9-14(19)11-2-4-12(18)5-3-11/h1-7,14,19H,9,18H2. The number of aliphatic hydroxyl groups excluding tert-OH is 1. The molecule has 3 N–H and O–H groups in total. The van der Waals surface area contributed by atoms with Crippen LogP contribution in [0.1, 0.15) is 17.2 Å². The summed E-state index contributed by atoms with van der Waals surface area (Å²) < 4.78 is 18.8. The highest BCUT2D eigenvalue weighted by Gasteiger charge is 2.11. The molecule has 0 bridgehead atoms. The molecule has 2 aromatic rings. The minimum Gasteiger partial charge on any atom is -0.487 e. The summed E-state index contributed by atoms with van der Waals surface area (Å²) in [6, 6.07) is 12.4. The normalized spacial score (nSPS) is 11.7. The fourth-order valence-electron chi connectivity index (χ4n) is 1.67. The highest BCUT2D eigenvalue weighted by molar-refractivity contribution is 5.40. The number of rotatable bonds is 4. The van der Waals surface area contributed by atoms with Crippen molar-refractivity contribution in [3.05, 3.63) is 59.4 Å². The van der Waals surface area contributed by atoms with E-state index < -0.39 is 11.9 Å². The Morgan fingerprint density at radius 3 is 2.55 bits per heavy atom. The van der Waals surface area contributed by atoms with Gasteiger partial charge in [-0.15, -0.1) is 0 Å². The van der Waals surface area contributed by atoms with E-state index in [4.69, 9.17) is 15.7 Å². The van der Waals surface area contributed by atoms with Crippen molar-refractivity contribution in [2.24, 2.45) is 0 Å². The van der Waals surface area contributed by atoms with Gasteiger partial charge < -0.3 is 15.6 Å². The van der Waals surface area contributed by atoms with E-state index in [1.807, 2.05) is 6.07 Å². The molecule has 0 saturated heterocycles. The van der Waals surface area contributed by atoms with Crippen LogP contribution in [-0.2, 0) is 0 Å². The summed E-state index contributed by atoms with van der Waals surface area (Å²) in [6.45, 7) is -0.0905. The summed E-state index contributed by atoms with van der Waals surface area (Å²) >= 11 is 0. The van der Waals surface area contributed by atoms with Crippen LogP contribution in [0.15, 0.2) is 42.5 Å². The first-order chi connectivity index (χ1) is 9.60. The lowest BCUT2D eigenvalue weighted by Gasteiger charge is -2.13. The van der Waals surface area contributed by atoms with Gasteiger partial charge in [0.15, 0.2) is 11.6 Å². The van der Waals surface area contributed by atoms with Crippen molar-refractivity contribution in [1.29, 1.82) is 5.26 Å². The van der Waals surface area contributed by atoms with E-state index in [2.05, 4.69) is 0 Å². The second kappa shape index (κ2) is 6.04. The molecule has 5 heteroatoms. The molecule has 0 fully saturated rings. The summed E-state index contributed by atoms with van der Waals surface area (Å²) in [7, 11) is 0. The van der Waals surface area contributed by atoms with E-state index in [1.54, 1.807) is 24.3 Å². The first kappa shape index (κ1) is 13.8. The number of ether oxygens (including phenoxy) is 1. The van der Waals surface area contributed by atoms with Crippen LogP contribution in [0.25, 0.3) is 0 Å². The number of hydrogen-bond donors (Lipinski definition) is 2. The number of nitrogens with zero attached hydrogens (tertiary/aromatic N) is 1. The van der Waals surface area contributed by atoms with Crippen LogP contribution in [0.4, 0.5) is 10.1 Å². The fraction of sp³-hybridized carbons (Fsp3) is 0.133. The van der Waals surface area contributed by atoms with Crippen LogP contribution in [0.3, 0.4) is 0 Å². The van der Waals surface area contributed by atoms with Gasteiger partial charge in [-0.2, -0.15) is 5.26 Å². The zero-order valence-corrected chi connectivity index (χ0v) is 10.6. The maximum absolute atomic E-state index is 13.6. The Balaban J connectivity index is 2.01. The summed E-state index contributed by atoms with van der Waals surface area (Å²) in [5, 5.41) is 18.6. The van der Waals surface area contributed by atoms with Gasteiger partial charge in [-0.05, 0) is 35.9 Å². The maximum Gasteiger partial charge on any atom is 0.166 e. The molecule has 0 radical (unpaired) electrons. The van der Waals surface area contributed by atoms with Crippen molar-refractivity contribution in [1.82, 2.24) is 0 Å². The third-order valence-corrected chi connectivity index (χ3v) is 2.78. The molecule has 0 aliphatic rings. The van der Waals surface area contributed by atoms with Crippen molar-refractivity contribution in [2.45, 2.75) is 6.10 Å². The van der Waals surface area contributed by atoms with Crippen LogP contribution in [-0.4, -0.2) is 11.7 Å². The monoisotopic (exact) mass is 272 g/mol. The number of anilines is 1. The molecule has 0 aliphatic heterocycles. The van der Waals surface area contributed by atoms with Crippen LogP contribution < -0.4 is 10.5 Å². The molecule has 2 rings (SSSR count). The van der Waals surface area contributed by atoms with Crippen LogP contribution >= 0.6 is 0 Å². The summed E-state index contributed by atoms with van der Waals surface area (Å²) in [6.07, 6.45) is -0.884. The second-order valence-corrected chi connectivity index (χ2v) is 4.25. The molecule has 0 saturated carbocycles. The highest BCUT2D eigenvalue weighted by Crippen LogP contribution is 2.21. The maximum atomic E-state index is 13.6. The lowest BCUT2D eigenvalue weighted by Crippen LogP contribution is -2.10. The number of nitriles is 1. The Kier molecular flexibility index (Phi) is 4.18. The van der Waals surface area contributed by atoms with Crippen LogP contribution in [0, 0.1) is 17.1 Å². The van der Waals surface area contributed by atoms with Gasteiger partial charge in [-0.3, -0.25) is 0 Å². The van der Waals surface area contributed by atoms with Crippen molar-refractivity contribution >= 4 is 5.69 Å². The zero-order valence-electron chi connectivity index (χ0n) is 10.6. The Morgan fingerprint density at radius 2 is 1.95 bits per heavy atom. The Labute approximate surface area is 115 Å². The quantitative estimate of drug-likeness (QED) is 0.837. The number of benzene rings is 2. The van der Waals surface area contributed by atoms with E-state index in [0.29, 0.717) is 11.3 Å². The van der Waals surface area contributed by atoms with E-state index in [1.165, 1.54) is 12.1 Å². The van der Waals surface area contributed by atoms with Crippen molar-refractivity contribution < 1.29 is 14.2 Å². The number of nitrogen functional groups attached to an aromatic ring is 1. The zero-order chi connectivity index (χ0) is 14.5. The Morgan fingerprint density at radius 1 is 1.25 bits per heavy atom. The largest absolute Gasteiger partial charge is 0.487 e. The lowest BCUT2D eigenvalue weighted by molar-refractivity contribution is 0.106. The average Bonchev–Trinajstić information content (AvgIpc) is 2.46. The van der Waals surface area contributed by atoms with Crippen molar-refractivity contribution in [2.75, 3.05) is 12.3 Å². The minimum atomic E-state index is -0.884. The predicted molar refractivity (Wildman–Crippen MR) is 72.4 cm³/mol. The molecule has 102 valence electrons. The molecule has 0 aromatic heterocycles. The third-order valence-electron chi connectivity index (χ3n) is 2.78. The number of hydrogen-bond acceptors (Lipinski definition) is 4. The van der Waals surface area contributed by atoms with Gasteiger partial charge in [0.25, 0.3) is 0 Å². The van der Waals surface area contributed by atoms with Gasteiger partial charge in [-0.1, -0.05) is 12.1 Å². The van der Waals surface area contributed by atoms with E-state index in [-0.39, 0.29) is 17.9 Å². The van der Waals surface area contributed by atoms with E-state index in [9.17, 15) is 9.50 Å². The Bertz CT molecular complexity index is 635. The number of aliphatic hydroxyl groups is 1. The molecule has 1 unspecified atom stereocenters. The first-order valence-electron chi connectivity index (χ1n) is 5.96. The summed E-state index contributed by atoms with van der Waals surface area (Å²) in [5.41, 5.74) is 7.00. The SMILES string of the molecule is N#Cc1ccc(OCC(O)c2ccc(N)cc2)c(F)c1. The third kappa shape index (κ3) is 3.25. The van der Waals surface area contributed by atoms with Crippen LogP contribution in [0.2, 0.25) is 0 Å². The summed E-state index contributed by atoms with van der Waals surface area (Å²) in [4.78, 5) is 0. The Hall–Kier alpha value is -2.58. The second-order valence-electron chi connectivity index (χ2n) is 4.25. The molecule has 0 amide bonds. The highest BCUT2D eigenvalue weighted by atomic mass is 19.1. The van der Waals surface area contributed by atoms with E-state index in [0.717, 1.165) is 6.07 Å². The first-order valence-corrected chi connectivity index (χ1v) is 5.96. The smallest absolute Gasteiger partial charge is 0.166 e. The summed E-state index contributed by atoms with van der Waals surface area (Å²) in [5.74, 6) is -0.632. The molecule has 20 heavy (non-hydrogen) atoms. The van der Waals surface area contributed by atoms with Gasteiger partial charge in [0.2, 0.25) is 0 Å². The molecular formula is C15H13FN2O2. The lowest BCUT2D eigenvalue weighted by atomic mass is 10.1. The minimum absolute atomic E-state index is 0.00139. The molecule has 0 spiro atoms. The van der Waals surface area contributed by atoms with Gasteiger partial charge in [0.1, 0.15) is 12.7 Å². The van der Waals surface area contributed by atoms with Gasteiger partial charge in [-0.25, -0.2) is 4.39 Å². The van der Waals surface area contributed by atoms with Crippen LogP contribution in [0.5, 0.6) is 5.75 Å². The number of halogens is 1. The van der Waals surface area contributed by atoms with Gasteiger partial charge >= 0.3 is 0 Å². The molecule has 4 nitrogen and oxygen atoms in total. The van der Waals surface area contributed by atoms with Crippen molar-refractivity contribution in [3.8, 4) is 11.8 Å². The van der Waals surface area contributed by atoms with Gasteiger partial charge in [0, 0.05) is 5.69 Å². The average molecular weight is 272 g/mol. The van der Waals surface area contributed by atoms with Crippen molar-refractivity contribution in [3.63, 3.8) is 0 Å². The fourth-order valence-corrected chi connectivity index (χ4v) is 1.67. The molecule has 0 heterocycles. The van der Waals surface area contributed by atoms with Gasteiger partial charge in [0.05, 0.1) is 11.6 Å². The van der Waals surface area contributed by atoms with E-state index >= 15 is 0 Å². The molecular weight excluding hydrogens is 259 g/mol. The number of nitrogens with two attached hydrogens (primary N) is 1.